The molecule has 0 aliphatic heterocycles. The molecule has 2 rings (SSSR count). The van der Waals surface area contributed by atoms with Crippen molar-refractivity contribution in [2.24, 2.45) is 0 Å². The summed E-state index contributed by atoms with van der Waals surface area (Å²) in [6, 6.07) is 9.47. The van der Waals surface area contributed by atoms with Gasteiger partial charge in [0.2, 0.25) is 0 Å². The Morgan fingerprint density at radius 1 is 1.04 bits per heavy atom. The zero-order valence-corrected chi connectivity index (χ0v) is 16.1. The monoisotopic (exact) mass is 417 g/mol. The number of ether oxygens (including phenoxy) is 2. The molecule has 0 bridgehead atoms. The van der Waals surface area contributed by atoms with Crippen molar-refractivity contribution in [1.29, 1.82) is 0 Å². The summed E-state index contributed by atoms with van der Waals surface area (Å²) in [4.78, 5) is 0. The van der Waals surface area contributed by atoms with Crippen LogP contribution in [0.25, 0.3) is 0 Å². The van der Waals surface area contributed by atoms with Crippen molar-refractivity contribution in [1.82, 2.24) is 5.32 Å². The van der Waals surface area contributed by atoms with Crippen LogP contribution in [0.15, 0.2) is 34.8 Å². The zero-order valence-electron chi connectivity index (χ0n) is 13.0. The first kappa shape index (κ1) is 18.4. The molecule has 23 heavy (non-hydrogen) atoms. The van der Waals surface area contributed by atoms with Crippen LogP contribution in [0.1, 0.15) is 11.1 Å². The number of hydrogen-bond donors (Lipinski definition) is 1. The van der Waals surface area contributed by atoms with Crippen LogP contribution in [0.4, 0.5) is 0 Å². The molecule has 0 aromatic heterocycles. The summed E-state index contributed by atoms with van der Waals surface area (Å²) in [5, 5.41) is 4.74. The molecule has 2 aromatic rings. The van der Waals surface area contributed by atoms with Crippen molar-refractivity contribution in [2.45, 2.75) is 13.0 Å². The van der Waals surface area contributed by atoms with Crippen LogP contribution in [-0.4, -0.2) is 20.8 Å². The Morgan fingerprint density at radius 3 is 2.48 bits per heavy atom. The minimum atomic E-state index is 0.651. The van der Waals surface area contributed by atoms with Gasteiger partial charge in [-0.2, -0.15) is 0 Å². The fourth-order valence-corrected chi connectivity index (χ4v) is 3.30. The van der Waals surface area contributed by atoms with Crippen LogP contribution in [0.5, 0.6) is 11.5 Å². The van der Waals surface area contributed by atoms with Gasteiger partial charge in [-0.05, 0) is 42.8 Å². The molecule has 0 heterocycles. The van der Waals surface area contributed by atoms with E-state index in [0.717, 1.165) is 34.3 Å². The lowest BCUT2D eigenvalue weighted by Crippen LogP contribution is -2.17. The Kier molecular flexibility index (Phi) is 7.03. The van der Waals surface area contributed by atoms with Crippen LogP contribution >= 0.6 is 39.1 Å². The minimum absolute atomic E-state index is 0.651. The number of rotatable bonds is 7. The highest BCUT2D eigenvalue weighted by atomic mass is 79.9. The smallest absolute Gasteiger partial charge is 0.165 e. The van der Waals surface area contributed by atoms with Crippen molar-refractivity contribution < 1.29 is 9.47 Å². The van der Waals surface area contributed by atoms with Gasteiger partial charge < -0.3 is 14.8 Å². The number of halogens is 3. The molecule has 124 valence electrons. The largest absolute Gasteiger partial charge is 0.493 e. The van der Waals surface area contributed by atoms with E-state index in [4.69, 9.17) is 32.7 Å². The molecule has 0 fully saturated rings. The fraction of sp³-hybridized carbons (Fsp3) is 0.294. The first-order chi connectivity index (χ1) is 11.0. The molecule has 0 aliphatic carbocycles. The summed E-state index contributed by atoms with van der Waals surface area (Å²) in [6.45, 7) is 1.46. The molecule has 0 atom stereocenters. The highest BCUT2D eigenvalue weighted by Gasteiger charge is 2.11. The van der Waals surface area contributed by atoms with E-state index in [-0.39, 0.29) is 0 Å². The van der Waals surface area contributed by atoms with Gasteiger partial charge in [0.05, 0.1) is 14.2 Å². The quantitative estimate of drug-likeness (QED) is 0.634. The molecule has 0 saturated carbocycles. The van der Waals surface area contributed by atoms with Crippen LogP contribution in [0.3, 0.4) is 0 Å². The van der Waals surface area contributed by atoms with E-state index < -0.39 is 0 Å². The number of nitrogens with one attached hydrogen (secondary N) is 1. The van der Waals surface area contributed by atoms with E-state index in [1.54, 1.807) is 20.3 Å². The third-order valence-electron chi connectivity index (χ3n) is 3.42. The molecule has 0 spiro atoms. The Labute approximate surface area is 155 Å². The van der Waals surface area contributed by atoms with Crippen LogP contribution in [0.2, 0.25) is 10.0 Å². The summed E-state index contributed by atoms with van der Waals surface area (Å²) in [5.74, 6) is 1.45. The molecule has 0 radical (unpaired) electrons. The maximum Gasteiger partial charge on any atom is 0.165 e. The zero-order chi connectivity index (χ0) is 16.8. The van der Waals surface area contributed by atoms with E-state index in [9.17, 15) is 0 Å². The van der Waals surface area contributed by atoms with E-state index in [0.29, 0.717) is 22.3 Å². The van der Waals surface area contributed by atoms with Gasteiger partial charge in [-0.15, -0.1) is 0 Å². The lowest BCUT2D eigenvalue weighted by Gasteiger charge is -2.14. The summed E-state index contributed by atoms with van der Waals surface area (Å²) in [5.41, 5.74) is 2.10. The lowest BCUT2D eigenvalue weighted by atomic mass is 10.1. The third-order valence-corrected chi connectivity index (χ3v) is 4.47. The Morgan fingerprint density at radius 2 is 1.83 bits per heavy atom. The van der Waals surface area contributed by atoms with Crippen molar-refractivity contribution in [3.63, 3.8) is 0 Å². The van der Waals surface area contributed by atoms with E-state index >= 15 is 0 Å². The highest BCUT2D eigenvalue weighted by molar-refractivity contribution is 9.10. The standard InChI is InChI=1S/C17H18BrCl2NO2/c1-22-16-8-13(18)7-12(17(16)23-2)10-21-6-5-11-3-4-14(19)9-15(11)20/h3-4,7-9,21H,5-6,10H2,1-2H3. The summed E-state index contributed by atoms with van der Waals surface area (Å²) in [6.07, 6.45) is 0.823. The molecule has 0 amide bonds. The molecule has 2 aromatic carbocycles. The summed E-state index contributed by atoms with van der Waals surface area (Å²) >= 11 is 15.6. The molecule has 1 N–H and O–H groups in total. The number of methoxy groups -OCH3 is 2. The first-order valence-corrected chi connectivity index (χ1v) is 8.65. The van der Waals surface area contributed by atoms with Crippen LogP contribution < -0.4 is 14.8 Å². The molecular formula is C17H18BrCl2NO2. The predicted molar refractivity (Wildman–Crippen MR) is 99.1 cm³/mol. The Hall–Kier alpha value is -0.940. The Balaban J connectivity index is 1.97. The van der Waals surface area contributed by atoms with Gasteiger partial charge in [0, 0.05) is 26.6 Å². The average molecular weight is 419 g/mol. The molecule has 0 unspecified atom stereocenters. The lowest BCUT2D eigenvalue weighted by molar-refractivity contribution is 0.350. The second-order valence-corrected chi connectivity index (χ2v) is 6.72. The highest BCUT2D eigenvalue weighted by Crippen LogP contribution is 2.34. The van der Waals surface area contributed by atoms with Gasteiger partial charge in [-0.3, -0.25) is 0 Å². The summed E-state index contributed by atoms with van der Waals surface area (Å²) < 4.78 is 11.7. The number of benzene rings is 2. The van der Waals surface area contributed by atoms with Gasteiger partial charge in [0.1, 0.15) is 0 Å². The topological polar surface area (TPSA) is 30.5 Å². The van der Waals surface area contributed by atoms with Gasteiger partial charge in [-0.1, -0.05) is 45.2 Å². The molecule has 0 saturated heterocycles. The summed E-state index contributed by atoms with van der Waals surface area (Å²) in [7, 11) is 3.27. The maximum atomic E-state index is 6.18. The van der Waals surface area contributed by atoms with Crippen LogP contribution in [-0.2, 0) is 13.0 Å². The van der Waals surface area contributed by atoms with Crippen molar-refractivity contribution >= 4 is 39.1 Å². The number of hydrogen-bond acceptors (Lipinski definition) is 3. The van der Waals surface area contributed by atoms with E-state index in [2.05, 4.69) is 21.2 Å². The second kappa shape index (κ2) is 8.78. The maximum absolute atomic E-state index is 6.18. The Bertz CT molecular complexity index is 680. The second-order valence-electron chi connectivity index (χ2n) is 4.96. The fourth-order valence-electron chi connectivity index (χ4n) is 2.31. The van der Waals surface area contributed by atoms with E-state index in [1.807, 2.05) is 24.3 Å². The van der Waals surface area contributed by atoms with E-state index in [1.165, 1.54) is 0 Å². The van der Waals surface area contributed by atoms with Gasteiger partial charge in [-0.25, -0.2) is 0 Å². The van der Waals surface area contributed by atoms with Crippen molar-refractivity contribution in [3.8, 4) is 11.5 Å². The SMILES string of the molecule is COc1cc(Br)cc(CNCCc2ccc(Cl)cc2Cl)c1OC. The minimum Gasteiger partial charge on any atom is -0.493 e. The van der Waals surface area contributed by atoms with Gasteiger partial charge >= 0.3 is 0 Å². The molecular weight excluding hydrogens is 401 g/mol. The average Bonchev–Trinajstić information content (AvgIpc) is 2.52. The van der Waals surface area contributed by atoms with Crippen LogP contribution in [0, 0.1) is 0 Å². The normalized spacial score (nSPS) is 10.7. The van der Waals surface area contributed by atoms with Gasteiger partial charge in [0.25, 0.3) is 0 Å². The molecule has 0 aliphatic rings. The predicted octanol–water partition coefficient (Wildman–Crippen LogP) is 5.11. The van der Waals surface area contributed by atoms with Gasteiger partial charge in [0.15, 0.2) is 11.5 Å². The van der Waals surface area contributed by atoms with Crippen molar-refractivity contribution in [3.05, 3.63) is 56.0 Å². The third kappa shape index (κ3) is 5.01. The molecule has 3 nitrogen and oxygen atoms in total. The van der Waals surface area contributed by atoms with Crippen molar-refractivity contribution in [2.75, 3.05) is 20.8 Å². The molecule has 6 heteroatoms. The first-order valence-electron chi connectivity index (χ1n) is 7.10.